The van der Waals surface area contributed by atoms with Crippen molar-refractivity contribution in [1.29, 1.82) is 0 Å². The van der Waals surface area contributed by atoms with Gasteiger partial charge in [-0.05, 0) is 36.4 Å². The van der Waals surface area contributed by atoms with Gasteiger partial charge in [0.25, 0.3) is 0 Å². The molecule has 1 aliphatic heterocycles. The largest absolute Gasteiger partial charge is 0.433 e. The first-order valence-electron chi connectivity index (χ1n) is 10.3. The maximum atomic E-state index is 14.2. The Labute approximate surface area is 206 Å². The second-order valence-electron chi connectivity index (χ2n) is 7.88. The quantitative estimate of drug-likeness (QED) is 0.475. The molecule has 0 saturated carbocycles. The highest BCUT2D eigenvalue weighted by atomic mass is 35.5. The number of rotatable bonds is 6. The number of nitrogens with one attached hydrogen (secondary N) is 1. The van der Waals surface area contributed by atoms with Crippen LogP contribution in [0, 0.1) is 5.82 Å². The minimum Gasteiger partial charge on any atom is -0.350 e. The average Bonchev–Trinajstić information content (AvgIpc) is 3.40. The van der Waals surface area contributed by atoms with Crippen LogP contribution in [-0.4, -0.2) is 52.2 Å². The molecule has 2 aromatic heterocycles. The number of halogens is 6. The summed E-state index contributed by atoms with van der Waals surface area (Å²) in [6.45, 7) is -0.763. The number of sulfonamides is 1. The van der Waals surface area contributed by atoms with Crippen molar-refractivity contribution in [3.8, 4) is 5.69 Å². The van der Waals surface area contributed by atoms with E-state index in [0.29, 0.717) is 0 Å². The van der Waals surface area contributed by atoms with E-state index >= 15 is 0 Å². The monoisotopic (exact) mass is 549 g/mol. The van der Waals surface area contributed by atoms with Crippen molar-refractivity contribution in [1.82, 2.24) is 24.4 Å². The second-order valence-corrected chi connectivity index (χ2v) is 10.1. The number of nitrogens with zero attached hydrogens (tertiary/aromatic N) is 4. The Morgan fingerprint density at radius 1 is 1.17 bits per heavy atom. The fourth-order valence-corrected chi connectivity index (χ4v) is 5.45. The molecule has 3 aromatic rings. The van der Waals surface area contributed by atoms with Crippen LogP contribution in [0.3, 0.4) is 0 Å². The first-order chi connectivity index (χ1) is 16.9. The van der Waals surface area contributed by atoms with Gasteiger partial charge in [-0.1, -0.05) is 11.6 Å². The predicted molar refractivity (Wildman–Crippen MR) is 117 cm³/mol. The molecule has 1 saturated heterocycles. The van der Waals surface area contributed by atoms with Crippen molar-refractivity contribution in [3.63, 3.8) is 0 Å². The van der Waals surface area contributed by atoms with E-state index in [1.165, 1.54) is 6.20 Å². The minimum atomic E-state index is -4.60. The van der Waals surface area contributed by atoms with E-state index in [0.717, 1.165) is 51.6 Å². The number of carbonyl (C=O) groups is 1. The zero-order chi connectivity index (χ0) is 26.3. The van der Waals surface area contributed by atoms with Crippen LogP contribution >= 0.6 is 11.6 Å². The SMILES string of the molecule is O=C(NCc1cn(-c2ccc(C(F)(F)F)nc2)nc1Cl)[C@@H]1C[C@@H](F)CN1S(=O)(=O)c1ccc(F)cc1. The molecule has 1 aromatic carbocycles. The van der Waals surface area contributed by atoms with Gasteiger partial charge in [0.05, 0.1) is 16.8 Å². The number of amides is 1. The number of benzene rings is 1. The summed E-state index contributed by atoms with van der Waals surface area (Å²) in [5.74, 6) is -1.45. The maximum Gasteiger partial charge on any atom is 0.433 e. The first-order valence-corrected chi connectivity index (χ1v) is 12.1. The molecular formula is C21H17ClF5N5O3S. The van der Waals surface area contributed by atoms with E-state index < -0.39 is 52.4 Å². The van der Waals surface area contributed by atoms with Gasteiger partial charge in [-0.2, -0.15) is 22.6 Å². The van der Waals surface area contributed by atoms with Crippen LogP contribution in [0.15, 0.2) is 53.7 Å². The lowest BCUT2D eigenvalue weighted by Gasteiger charge is -2.23. The normalized spacial score (nSPS) is 18.9. The third-order valence-electron chi connectivity index (χ3n) is 5.42. The molecule has 0 radical (unpaired) electrons. The van der Waals surface area contributed by atoms with Gasteiger partial charge in [0.15, 0.2) is 5.15 Å². The molecule has 4 rings (SSSR count). The molecule has 36 heavy (non-hydrogen) atoms. The van der Waals surface area contributed by atoms with Crippen LogP contribution in [0.25, 0.3) is 5.69 Å². The summed E-state index contributed by atoms with van der Waals surface area (Å²) in [5, 5.41) is 6.39. The van der Waals surface area contributed by atoms with Gasteiger partial charge in [0.2, 0.25) is 15.9 Å². The molecule has 0 spiro atoms. The van der Waals surface area contributed by atoms with Gasteiger partial charge in [-0.15, -0.1) is 0 Å². The highest BCUT2D eigenvalue weighted by molar-refractivity contribution is 7.89. The highest BCUT2D eigenvalue weighted by Crippen LogP contribution is 2.29. The first kappa shape index (κ1) is 26.0. The highest BCUT2D eigenvalue weighted by Gasteiger charge is 2.44. The second kappa shape index (κ2) is 9.75. The van der Waals surface area contributed by atoms with E-state index in [9.17, 15) is 35.2 Å². The fraction of sp³-hybridized carbons (Fsp3) is 0.286. The Morgan fingerprint density at radius 2 is 1.86 bits per heavy atom. The molecule has 3 heterocycles. The lowest BCUT2D eigenvalue weighted by Crippen LogP contribution is -2.45. The van der Waals surface area contributed by atoms with Crippen molar-refractivity contribution in [2.45, 2.75) is 36.3 Å². The van der Waals surface area contributed by atoms with Crippen molar-refractivity contribution in [2.24, 2.45) is 0 Å². The number of alkyl halides is 4. The molecule has 1 aliphatic rings. The zero-order valence-electron chi connectivity index (χ0n) is 18.1. The molecule has 8 nitrogen and oxygen atoms in total. The lowest BCUT2D eigenvalue weighted by atomic mass is 10.2. The summed E-state index contributed by atoms with van der Waals surface area (Å²) < 4.78 is 93.2. The van der Waals surface area contributed by atoms with E-state index in [-0.39, 0.29) is 34.3 Å². The zero-order valence-corrected chi connectivity index (χ0v) is 19.7. The van der Waals surface area contributed by atoms with Crippen LogP contribution in [0.1, 0.15) is 17.7 Å². The summed E-state index contributed by atoms with van der Waals surface area (Å²) in [6, 6.07) is 4.48. The molecule has 0 unspecified atom stereocenters. The van der Waals surface area contributed by atoms with Crippen LogP contribution in [-0.2, 0) is 27.5 Å². The van der Waals surface area contributed by atoms with Crippen LogP contribution in [0.4, 0.5) is 22.0 Å². The Bertz CT molecular complexity index is 1360. The van der Waals surface area contributed by atoms with Gasteiger partial charge in [-0.3, -0.25) is 4.79 Å². The minimum absolute atomic E-state index is 0.0687. The topological polar surface area (TPSA) is 97.2 Å². The molecule has 1 fully saturated rings. The molecule has 0 aliphatic carbocycles. The van der Waals surface area contributed by atoms with E-state index in [1.807, 2.05) is 0 Å². The number of carbonyl (C=O) groups excluding carboxylic acids is 1. The van der Waals surface area contributed by atoms with E-state index in [2.05, 4.69) is 15.4 Å². The van der Waals surface area contributed by atoms with Crippen molar-refractivity contribution >= 4 is 27.5 Å². The van der Waals surface area contributed by atoms with Crippen LogP contribution in [0.5, 0.6) is 0 Å². The van der Waals surface area contributed by atoms with Gasteiger partial charge in [-0.25, -0.2) is 26.9 Å². The standard InChI is InChI=1S/C21H17ClF5N5O3S/c22-19-12(10-31(30-19)15-3-6-18(28-9-15)21(25,26)27)8-29-20(33)17-7-14(24)11-32(17)36(34,35)16-4-1-13(23)2-5-16/h1-6,9-10,14,17H,7-8,11H2,(H,29,33)/t14-,17+/m1/s1. The van der Waals surface area contributed by atoms with Crippen LogP contribution in [0.2, 0.25) is 5.15 Å². The summed E-state index contributed by atoms with van der Waals surface area (Å²) in [4.78, 5) is 15.9. The van der Waals surface area contributed by atoms with E-state index in [1.54, 1.807) is 0 Å². The molecule has 1 N–H and O–H groups in total. The van der Waals surface area contributed by atoms with Gasteiger partial charge < -0.3 is 5.32 Å². The molecule has 192 valence electrons. The van der Waals surface area contributed by atoms with Gasteiger partial charge in [0.1, 0.15) is 23.7 Å². The summed E-state index contributed by atoms with van der Waals surface area (Å²) in [5.41, 5.74) is -0.636. The van der Waals surface area contributed by atoms with Crippen LogP contribution < -0.4 is 5.32 Å². The summed E-state index contributed by atoms with van der Waals surface area (Å²) >= 11 is 6.08. The lowest BCUT2D eigenvalue weighted by molar-refractivity contribution is -0.141. The number of hydrogen-bond donors (Lipinski definition) is 1. The van der Waals surface area contributed by atoms with Crippen molar-refractivity contribution in [2.75, 3.05) is 6.54 Å². The Balaban J connectivity index is 1.47. The van der Waals surface area contributed by atoms with Crippen molar-refractivity contribution < 1.29 is 35.2 Å². The molecule has 0 bridgehead atoms. The molecular weight excluding hydrogens is 533 g/mol. The predicted octanol–water partition coefficient (Wildman–Crippen LogP) is 3.50. The number of hydrogen-bond acceptors (Lipinski definition) is 5. The average molecular weight is 550 g/mol. The van der Waals surface area contributed by atoms with Gasteiger partial charge in [0, 0.05) is 31.3 Å². The Morgan fingerprint density at radius 3 is 2.47 bits per heavy atom. The smallest absolute Gasteiger partial charge is 0.350 e. The Kier molecular flexibility index (Phi) is 7.03. The molecule has 2 atom stereocenters. The third-order valence-corrected chi connectivity index (χ3v) is 7.63. The number of aromatic nitrogens is 3. The maximum absolute atomic E-state index is 14.2. The summed E-state index contributed by atoms with van der Waals surface area (Å²) in [7, 11) is -4.28. The van der Waals surface area contributed by atoms with Crippen molar-refractivity contribution in [3.05, 3.63) is 71.0 Å². The number of pyridine rings is 1. The Hall–Kier alpha value is -3.10. The van der Waals surface area contributed by atoms with Gasteiger partial charge >= 0.3 is 6.18 Å². The molecule has 1 amide bonds. The summed E-state index contributed by atoms with van der Waals surface area (Å²) in [6.07, 6.45) is -4.27. The van der Waals surface area contributed by atoms with E-state index in [4.69, 9.17) is 11.6 Å². The third kappa shape index (κ3) is 5.34. The molecule has 15 heteroatoms. The fourth-order valence-electron chi connectivity index (χ4n) is 3.63.